The highest BCUT2D eigenvalue weighted by Crippen LogP contribution is 2.23. The van der Waals surface area contributed by atoms with E-state index in [1.54, 1.807) is 12.1 Å². The molecule has 2 atom stereocenters. The number of rotatable bonds is 11. The van der Waals surface area contributed by atoms with Crippen LogP contribution in [0.5, 0.6) is 0 Å². The SMILES string of the molecule is CC(CCNc1ccc(C(=O)N[C@@H](C)C(=O)O)cc1)Cc1ccc(-c2noc(-c3ccccc3)n2)cc1. The van der Waals surface area contributed by atoms with Crippen molar-refractivity contribution in [1.82, 2.24) is 15.5 Å². The van der Waals surface area contributed by atoms with Crippen molar-refractivity contribution < 1.29 is 19.2 Å². The number of hydrogen-bond acceptors (Lipinski definition) is 6. The molecule has 37 heavy (non-hydrogen) atoms. The minimum Gasteiger partial charge on any atom is -0.480 e. The van der Waals surface area contributed by atoms with Gasteiger partial charge in [-0.2, -0.15) is 4.98 Å². The second-order valence-electron chi connectivity index (χ2n) is 9.12. The molecule has 4 aromatic rings. The van der Waals surface area contributed by atoms with Crippen molar-refractivity contribution in [3.63, 3.8) is 0 Å². The highest BCUT2D eigenvalue weighted by molar-refractivity contribution is 5.96. The van der Waals surface area contributed by atoms with Crippen molar-refractivity contribution in [2.45, 2.75) is 32.7 Å². The van der Waals surface area contributed by atoms with E-state index in [-0.39, 0.29) is 0 Å². The molecule has 0 spiro atoms. The summed E-state index contributed by atoms with van der Waals surface area (Å²) >= 11 is 0. The summed E-state index contributed by atoms with van der Waals surface area (Å²) in [5.74, 6) is 0.0722. The van der Waals surface area contributed by atoms with Crippen molar-refractivity contribution in [3.8, 4) is 22.8 Å². The fourth-order valence-corrected chi connectivity index (χ4v) is 3.88. The van der Waals surface area contributed by atoms with Crippen molar-refractivity contribution in [2.24, 2.45) is 5.92 Å². The van der Waals surface area contributed by atoms with Gasteiger partial charge < -0.3 is 20.3 Å². The first-order valence-corrected chi connectivity index (χ1v) is 12.2. The molecular formula is C29H30N4O4. The molecule has 0 bridgehead atoms. The number of carbonyl (C=O) groups is 2. The molecule has 1 amide bonds. The number of aromatic nitrogens is 2. The van der Waals surface area contributed by atoms with Gasteiger partial charge in [0.1, 0.15) is 6.04 Å². The number of nitrogens with zero attached hydrogens (tertiary/aromatic N) is 2. The average Bonchev–Trinajstić information content (AvgIpc) is 3.40. The van der Waals surface area contributed by atoms with E-state index in [2.05, 4.69) is 39.8 Å². The minimum absolute atomic E-state index is 0.406. The Kier molecular flexibility index (Phi) is 8.30. The van der Waals surface area contributed by atoms with Crippen LogP contribution in [0.1, 0.15) is 36.2 Å². The van der Waals surface area contributed by atoms with Crippen molar-refractivity contribution >= 4 is 17.6 Å². The standard InChI is InChI=1S/C29H30N4O4/c1-19(16-17-30-25-14-12-23(13-15-25)27(34)31-20(2)29(35)36)18-21-8-10-22(11-9-21)26-32-28(37-33-26)24-6-4-3-5-7-24/h3-15,19-20,30H,16-18H2,1-2H3,(H,31,34)(H,35,36)/t19?,20-/m0/s1. The molecule has 4 rings (SSSR count). The molecular weight excluding hydrogens is 468 g/mol. The predicted octanol–water partition coefficient (Wildman–Crippen LogP) is 5.29. The van der Waals surface area contributed by atoms with Crippen molar-refractivity contribution in [2.75, 3.05) is 11.9 Å². The zero-order chi connectivity index (χ0) is 26.2. The topological polar surface area (TPSA) is 117 Å². The molecule has 1 unspecified atom stereocenters. The van der Waals surface area contributed by atoms with Crippen LogP contribution in [-0.4, -0.2) is 39.7 Å². The summed E-state index contributed by atoms with van der Waals surface area (Å²) in [5.41, 5.74) is 4.39. The maximum absolute atomic E-state index is 12.1. The Labute approximate surface area is 215 Å². The number of carbonyl (C=O) groups excluding carboxylic acids is 1. The number of nitrogens with one attached hydrogen (secondary N) is 2. The molecule has 0 fully saturated rings. The van der Waals surface area contributed by atoms with Crippen LogP contribution in [0.3, 0.4) is 0 Å². The third kappa shape index (κ3) is 7.04. The summed E-state index contributed by atoms with van der Waals surface area (Å²) in [6, 6.07) is 24.0. The summed E-state index contributed by atoms with van der Waals surface area (Å²) in [4.78, 5) is 27.5. The summed E-state index contributed by atoms with van der Waals surface area (Å²) in [7, 11) is 0. The lowest BCUT2D eigenvalue weighted by Gasteiger charge is -2.14. The molecule has 190 valence electrons. The third-order valence-corrected chi connectivity index (χ3v) is 6.07. The lowest BCUT2D eigenvalue weighted by molar-refractivity contribution is -0.138. The number of benzene rings is 3. The monoisotopic (exact) mass is 498 g/mol. The van der Waals surface area contributed by atoms with E-state index in [1.807, 2.05) is 54.6 Å². The Morgan fingerprint density at radius 2 is 1.62 bits per heavy atom. The van der Waals surface area contributed by atoms with Crippen LogP contribution in [-0.2, 0) is 11.2 Å². The van der Waals surface area contributed by atoms with E-state index in [4.69, 9.17) is 9.63 Å². The quantitative estimate of drug-likeness (QED) is 0.257. The lowest BCUT2D eigenvalue weighted by atomic mass is 9.97. The molecule has 1 heterocycles. The molecule has 0 saturated heterocycles. The van der Waals surface area contributed by atoms with Gasteiger partial charge in [0, 0.05) is 28.9 Å². The molecule has 1 aromatic heterocycles. The first-order valence-electron chi connectivity index (χ1n) is 12.2. The van der Waals surface area contributed by atoms with E-state index in [0.29, 0.717) is 23.2 Å². The fraction of sp³-hybridized carbons (Fsp3) is 0.241. The van der Waals surface area contributed by atoms with Crippen molar-refractivity contribution in [3.05, 3.63) is 90.0 Å². The smallest absolute Gasteiger partial charge is 0.325 e. The summed E-state index contributed by atoms with van der Waals surface area (Å²) in [6.07, 6.45) is 1.93. The van der Waals surface area contributed by atoms with Gasteiger partial charge >= 0.3 is 5.97 Å². The van der Waals surface area contributed by atoms with Gasteiger partial charge in [0.15, 0.2) is 0 Å². The Balaban J connectivity index is 1.23. The van der Waals surface area contributed by atoms with E-state index in [9.17, 15) is 9.59 Å². The number of carboxylic acids is 1. The summed E-state index contributed by atoms with van der Waals surface area (Å²) < 4.78 is 5.41. The van der Waals surface area contributed by atoms with Crippen molar-refractivity contribution in [1.29, 1.82) is 0 Å². The highest BCUT2D eigenvalue weighted by Gasteiger charge is 2.15. The van der Waals surface area contributed by atoms with Crippen LogP contribution in [0, 0.1) is 5.92 Å². The molecule has 8 nitrogen and oxygen atoms in total. The number of aliphatic carboxylic acids is 1. The molecule has 0 aliphatic carbocycles. The maximum Gasteiger partial charge on any atom is 0.325 e. The second-order valence-corrected chi connectivity index (χ2v) is 9.12. The predicted molar refractivity (Wildman–Crippen MR) is 142 cm³/mol. The zero-order valence-electron chi connectivity index (χ0n) is 20.8. The van der Waals surface area contributed by atoms with Crippen LogP contribution in [0.15, 0.2) is 83.4 Å². The van der Waals surface area contributed by atoms with Gasteiger partial charge in [-0.1, -0.05) is 54.5 Å². The number of hydrogen-bond donors (Lipinski definition) is 3. The molecule has 0 aliphatic rings. The van der Waals surface area contributed by atoms with Gasteiger partial charge in [-0.05, 0) is 67.6 Å². The number of amides is 1. The minimum atomic E-state index is -1.07. The van der Waals surface area contributed by atoms with Gasteiger partial charge in [0.25, 0.3) is 11.8 Å². The Morgan fingerprint density at radius 3 is 2.30 bits per heavy atom. The van der Waals surface area contributed by atoms with Crippen LogP contribution in [0.25, 0.3) is 22.8 Å². The van der Waals surface area contributed by atoms with Crippen LogP contribution >= 0.6 is 0 Å². The van der Waals surface area contributed by atoms with E-state index < -0.39 is 17.9 Å². The molecule has 3 aromatic carbocycles. The first kappa shape index (κ1) is 25.6. The lowest BCUT2D eigenvalue weighted by Crippen LogP contribution is -2.38. The van der Waals surface area contributed by atoms with Crippen LogP contribution < -0.4 is 10.6 Å². The normalized spacial score (nSPS) is 12.5. The van der Waals surface area contributed by atoms with Gasteiger partial charge in [0.2, 0.25) is 5.82 Å². The fourth-order valence-electron chi connectivity index (χ4n) is 3.88. The Hall–Kier alpha value is -4.46. The van der Waals surface area contributed by atoms with E-state index in [1.165, 1.54) is 12.5 Å². The second kappa shape index (κ2) is 12.0. The maximum atomic E-state index is 12.1. The molecule has 0 aliphatic heterocycles. The largest absolute Gasteiger partial charge is 0.480 e. The zero-order valence-corrected chi connectivity index (χ0v) is 20.8. The third-order valence-electron chi connectivity index (χ3n) is 6.07. The van der Waals surface area contributed by atoms with Crippen LogP contribution in [0.4, 0.5) is 5.69 Å². The van der Waals surface area contributed by atoms with E-state index >= 15 is 0 Å². The van der Waals surface area contributed by atoms with E-state index in [0.717, 1.165) is 36.2 Å². The van der Waals surface area contributed by atoms with Gasteiger partial charge in [0.05, 0.1) is 0 Å². The average molecular weight is 499 g/mol. The highest BCUT2D eigenvalue weighted by atomic mass is 16.5. The number of carboxylic acid groups (broad SMARTS) is 1. The van der Waals surface area contributed by atoms with Gasteiger partial charge in [-0.3, -0.25) is 9.59 Å². The first-order chi connectivity index (χ1) is 17.9. The Morgan fingerprint density at radius 1 is 0.919 bits per heavy atom. The van der Waals surface area contributed by atoms with Crippen LogP contribution in [0.2, 0.25) is 0 Å². The molecule has 3 N–H and O–H groups in total. The van der Waals surface area contributed by atoms with Gasteiger partial charge in [-0.15, -0.1) is 0 Å². The number of anilines is 1. The molecule has 0 radical (unpaired) electrons. The summed E-state index contributed by atoms with van der Waals surface area (Å²) in [6.45, 7) is 4.45. The molecule has 8 heteroatoms. The van der Waals surface area contributed by atoms with Gasteiger partial charge in [-0.25, -0.2) is 0 Å². The summed E-state index contributed by atoms with van der Waals surface area (Å²) in [5, 5.41) is 18.9. The Bertz CT molecular complexity index is 1320. The molecule has 0 saturated carbocycles.